The molecule has 0 unspecified atom stereocenters. The molecule has 138 valence electrons. The minimum atomic E-state index is -3.83. The van der Waals surface area contributed by atoms with Crippen molar-refractivity contribution in [2.24, 2.45) is 5.92 Å². The van der Waals surface area contributed by atoms with Crippen molar-refractivity contribution in [1.29, 1.82) is 0 Å². The van der Waals surface area contributed by atoms with Gasteiger partial charge in [0.25, 0.3) is 10.0 Å². The lowest BCUT2D eigenvalue weighted by atomic mass is 10.1. The highest BCUT2D eigenvalue weighted by Crippen LogP contribution is 2.36. The van der Waals surface area contributed by atoms with Crippen molar-refractivity contribution in [3.63, 3.8) is 0 Å². The Hall–Kier alpha value is -1.64. The first-order valence-electron chi connectivity index (χ1n) is 8.22. The number of anilines is 1. The van der Waals surface area contributed by atoms with Crippen LogP contribution in [0.3, 0.4) is 0 Å². The van der Waals surface area contributed by atoms with Crippen LogP contribution in [0.2, 0.25) is 5.02 Å². The quantitative estimate of drug-likeness (QED) is 0.830. The van der Waals surface area contributed by atoms with Crippen molar-refractivity contribution in [2.75, 3.05) is 11.3 Å². The maximum Gasteiger partial charge on any atom is 0.271 e. The van der Waals surface area contributed by atoms with E-state index >= 15 is 0 Å². The highest BCUT2D eigenvalue weighted by Gasteiger charge is 2.35. The van der Waals surface area contributed by atoms with E-state index in [1.54, 1.807) is 6.07 Å². The van der Waals surface area contributed by atoms with Crippen LogP contribution in [-0.4, -0.2) is 25.8 Å². The smallest absolute Gasteiger partial charge is 0.271 e. The molecule has 0 saturated heterocycles. The molecule has 0 bridgehead atoms. The Morgan fingerprint density at radius 1 is 1.31 bits per heavy atom. The van der Waals surface area contributed by atoms with Gasteiger partial charge in [0, 0.05) is 23.9 Å². The van der Waals surface area contributed by atoms with Crippen molar-refractivity contribution in [2.45, 2.75) is 30.0 Å². The molecule has 2 aliphatic rings. The predicted octanol–water partition coefficient (Wildman–Crippen LogP) is 3.64. The van der Waals surface area contributed by atoms with Gasteiger partial charge in [-0.05, 0) is 49.1 Å². The van der Waals surface area contributed by atoms with E-state index in [4.69, 9.17) is 11.6 Å². The number of nitrogens with zero attached hydrogens (tertiary/aromatic N) is 1. The fourth-order valence-electron chi connectivity index (χ4n) is 2.98. The first-order valence-corrected chi connectivity index (χ1v) is 10.9. The van der Waals surface area contributed by atoms with Crippen LogP contribution in [0, 0.1) is 11.7 Å². The summed E-state index contributed by atoms with van der Waals surface area (Å²) in [5, 5.41) is -0.00361. The van der Waals surface area contributed by atoms with E-state index in [0.29, 0.717) is 19.5 Å². The Kier molecular flexibility index (Phi) is 4.45. The Morgan fingerprint density at radius 3 is 2.77 bits per heavy atom. The number of thiophene rings is 1. The summed E-state index contributed by atoms with van der Waals surface area (Å²) in [5.74, 6) is -0.215. The number of halogens is 2. The van der Waals surface area contributed by atoms with Crippen molar-refractivity contribution in [3.05, 3.63) is 45.5 Å². The SMILES string of the molecule is O=C(C1CC1)N1CCc2sc(S(=O)(=O)Nc3ccc(F)cc3Cl)cc2C1. The van der Waals surface area contributed by atoms with Crippen LogP contribution in [0.1, 0.15) is 23.3 Å². The van der Waals surface area contributed by atoms with Gasteiger partial charge >= 0.3 is 0 Å². The molecule has 0 radical (unpaired) electrons. The second-order valence-electron chi connectivity index (χ2n) is 6.53. The van der Waals surface area contributed by atoms with Crippen LogP contribution < -0.4 is 4.72 Å². The molecule has 1 amide bonds. The van der Waals surface area contributed by atoms with Gasteiger partial charge in [0.05, 0.1) is 10.7 Å². The van der Waals surface area contributed by atoms with Crippen LogP contribution in [-0.2, 0) is 27.8 Å². The van der Waals surface area contributed by atoms with Gasteiger partial charge in [-0.25, -0.2) is 12.8 Å². The number of amides is 1. The Labute approximate surface area is 159 Å². The minimum Gasteiger partial charge on any atom is -0.338 e. The summed E-state index contributed by atoms with van der Waals surface area (Å²) in [6.45, 7) is 1.08. The number of carbonyl (C=O) groups is 1. The van der Waals surface area contributed by atoms with Gasteiger partial charge in [-0.2, -0.15) is 0 Å². The van der Waals surface area contributed by atoms with E-state index in [9.17, 15) is 17.6 Å². The van der Waals surface area contributed by atoms with Crippen molar-refractivity contribution in [3.8, 4) is 0 Å². The second kappa shape index (κ2) is 6.51. The third-order valence-corrected chi connectivity index (χ3v) is 7.91. The maximum atomic E-state index is 13.1. The Morgan fingerprint density at radius 2 is 2.08 bits per heavy atom. The summed E-state index contributed by atoms with van der Waals surface area (Å²) in [6.07, 6.45) is 2.56. The van der Waals surface area contributed by atoms with Crippen LogP contribution in [0.5, 0.6) is 0 Å². The minimum absolute atomic E-state index is 0.00361. The topological polar surface area (TPSA) is 66.5 Å². The van der Waals surface area contributed by atoms with E-state index in [1.165, 1.54) is 17.4 Å². The van der Waals surface area contributed by atoms with E-state index in [-0.39, 0.29) is 26.7 Å². The fourth-order valence-corrected chi connectivity index (χ4v) is 5.88. The summed E-state index contributed by atoms with van der Waals surface area (Å²) in [5.41, 5.74) is 1.01. The Bertz CT molecular complexity index is 986. The molecule has 2 aromatic rings. The summed E-state index contributed by atoms with van der Waals surface area (Å²) in [4.78, 5) is 15.0. The van der Waals surface area contributed by atoms with Crippen molar-refractivity contribution >= 4 is 44.6 Å². The first-order chi connectivity index (χ1) is 12.3. The molecular weight excluding hydrogens is 399 g/mol. The summed E-state index contributed by atoms with van der Waals surface area (Å²) >= 11 is 7.11. The van der Waals surface area contributed by atoms with Gasteiger partial charge in [0.15, 0.2) is 0 Å². The zero-order valence-corrected chi connectivity index (χ0v) is 16.1. The monoisotopic (exact) mass is 414 g/mol. The zero-order valence-electron chi connectivity index (χ0n) is 13.7. The highest BCUT2D eigenvalue weighted by atomic mass is 35.5. The lowest BCUT2D eigenvalue weighted by Crippen LogP contribution is -2.36. The molecule has 0 atom stereocenters. The summed E-state index contributed by atoms with van der Waals surface area (Å²) < 4.78 is 41.0. The summed E-state index contributed by atoms with van der Waals surface area (Å²) in [7, 11) is -3.83. The van der Waals surface area contributed by atoms with Gasteiger partial charge in [0.1, 0.15) is 10.0 Å². The normalized spacial score (nSPS) is 17.1. The highest BCUT2D eigenvalue weighted by molar-refractivity contribution is 7.94. The van der Waals surface area contributed by atoms with E-state index in [0.717, 1.165) is 35.4 Å². The number of hydrogen-bond donors (Lipinski definition) is 1. The number of sulfonamides is 1. The lowest BCUT2D eigenvalue weighted by molar-refractivity contribution is -0.133. The van der Waals surface area contributed by atoms with E-state index in [2.05, 4.69) is 4.72 Å². The second-order valence-corrected chi connectivity index (χ2v) is 9.98. The fraction of sp³-hybridized carbons (Fsp3) is 0.353. The van der Waals surface area contributed by atoms with Gasteiger partial charge < -0.3 is 4.90 Å². The molecule has 1 aromatic carbocycles. The van der Waals surface area contributed by atoms with Crippen LogP contribution in [0.15, 0.2) is 28.5 Å². The third-order valence-electron chi connectivity index (χ3n) is 4.52. The predicted molar refractivity (Wildman–Crippen MR) is 98.4 cm³/mol. The molecule has 9 heteroatoms. The average molecular weight is 415 g/mol. The number of rotatable bonds is 4. The molecule has 4 rings (SSSR count). The standard InChI is InChI=1S/C17H16ClFN2O3S2/c18-13-8-12(19)3-4-14(13)20-26(23,24)16-7-11-9-21(6-5-15(11)25-16)17(22)10-1-2-10/h3-4,7-8,10,20H,1-2,5-6,9H2. The van der Waals surface area contributed by atoms with Crippen LogP contribution in [0.4, 0.5) is 10.1 Å². The lowest BCUT2D eigenvalue weighted by Gasteiger charge is -2.26. The van der Waals surface area contributed by atoms with Gasteiger partial charge in [0.2, 0.25) is 5.91 Å². The van der Waals surface area contributed by atoms with Gasteiger partial charge in [-0.3, -0.25) is 9.52 Å². The average Bonchev–Trinajstić information content (AvgIpc) is 3.34. The molecule has 5 nitrogen and oxygen atoms in total. The molecule has 1 aromatic heterocycles. The van der Waals surface area contributed by atoms with Crippen molar-refractivity contribution in [1.82, 2.24) is 4.90 Å². The molecule has 2 heterocycles. The van der Waals surface area contributed by atoms with Crippen LogP contribution in [0.25, 0.3) is 0 Å². The number of carbonyl (C=O) groups excluding carboxylic acids is 1. The van der Waals surface area contributed by atoms with Gasteiger partial charge in [-0.15, -0.1) is 11.3 Å². The molecule has 1 aliphatic heterocycles. The molecule has 0 spiro atoms. The molecular formula is C17H16ClFN2O3S2. The number of nitrogens with one attached hydrogen (secondary N) is 1. The van der Waals surface area contributed by atoms with E-state index in [1.807, 2.05) is 4.90 Å². The molecule has 26 heavy (non-hydrogen) atoms. The molecule has 1 aliphatic carbocycles. The largest absolute Gasteiger partial charge is 0.338 e. The molecule has 1 saturated carbocycles. The van der Waals surface area contributed by atoms with Crippen LogP contribution >= 0.6 is 22.9 Å². The zero-order chi connectivity index (χ0) is 18.5. The number of hydrogen-bond acceptors (Lipinski definition) is 4. The van der Waals surface area contributed by atoms with Crippen molar-refractivity contribution < 1.29 is 17.6 Å². The first kappa shape index (κ1) is 17.8. The molecule has 1 N–H and O–H groups in total. The van der Waals surface area contributed by atoms with E-state index < -0.39 is 15.8 Å². The maximum absolute atomic E-state index is 13.1. The third kappa shape index (κ3) is 3.45. The van der Waals surface area contributed by atoms with Gasteiger partial charge in [-0.1, -0.05) is 11.6 Å². The number of benzene rings is 1. The number of fused-ring (bicyclic) bond motifs is 1. The molecule has 1 fully saturated rings. The summed E-state index contributed by atoms with van der Waals surface area (Å²) in [6, 6.07) is 5.11. The Balaban J connectivity index is 1.55.